The molecule has 1 aliphatic heterocycles. The molecule has 29 nitrogen and oxygen atoms in total. The van der Waals surface area contributed by atoms with Gasteiger partial charge in [-0.2, -0.15) is 0 Å². The summed E-state index contributed by atoms with van der Waals surface area (Å²) in [7, 11) is 4.57. The highest BCUT2D eigenvalue weighted by Gasteiger charge is 2.56. The van der Waals surface area contributed by atoms with Crippen LogP contribution in [0.5, 0.6) is 5.75 Å². The molecule has 2 N–H and O–H groups in total. The monoisotopic (exact) mass is 2030 g/mol. The number of carbonyl (C=O) groups excluding carboxylic acids is 11. The fraction of sp³-hybridized carbons (Fsp3) is 0.832. The first-order valence-corrected chi connectivity index (χ1v) is 53.4. The summed E-state index contributed by atoms with van der Waals surface area (Å²) < 4.78 is 70.9. The summed E-state index contributed by atoms with van der Waals surface area (Å²) in [6, 6.07) is 9.14. The number of fused-ring (bicyclic) bond motifs is 5. The first-order chi connectivity index (χ1) is 66.2. The number of carboxylic acids is 2. The van der Waals surface area contributed by atoms with Crippen molar-refractivity contribution in [1.29, 1.82) is 0 Å². The number of cyclic esters (lactones) is 1. The summed E-state index contributed by atoms with van der Waals surface area (Å²) in [6.45, 7) is 70.2. The van der Waals surface area contributed by atoms with Crippen LogP contribution in [0.15, 0.2) is 30.3 Å². The maximum atomic E-state index is 12.2. The van der Waals surface area contributed by atoms with Crippen molar-refractivity contribution in [2.75, 3.05) is 67.6 Å². The summed E-state index contributed by atoms with van der Waals surface area (Å²) >= 11 is 0. The van der Waals surface area contributed by atoms with Crippen molar-refractivity contribution < 1.29 is 139 Å². The van der Waals surface area contributed by atoms with Gasteiger partial charge in [-0.3, -0.25) is 57.5 Å². The average Bonchev–Trinajstić information content (AvgIpc) is 1.59. The lowest BCUT2D eigenvalue weighted by atomic mass is 9.80. The molecule has 4 aliphatic carbocycles. The van der Waals surface area contributed by atoms with E-state index in [-0.39, 0.29) is 130 Å². The van der Waals surface area contributed by atoms with E-state index < -0.39 is 46.5 Å². The zero-order chi connectivity index (χ0) is 111. The van der Waals surface area contributed by atoms with Gasteiger partial charge in [0.05, 0.1) is 109 Å². The summed E-state index contributed by atoms with van der Waals surface area (Å²) in [5.74, 6) is 0.989. The van der Waals surface area contributed by atoms with Crippen LogP contribution in [-0.2, 0) is 124 Å². The van der Waals surface area contributed by atoms with Crippen LogP contribution in [0.1, 0.15) is 422 Å². The summed E-state index contributed by atoms with van der Waals surface area (Å²) in [6.07, 6.45) is 26.9. The molecule has 0 spiro atoms. The first kappa shape index (κ1) is 145. The van der Waals surface area contributed by atoms with E-state index in [1.165, 1.54) is 52.1 Å². The van der Waals surface area contributed by atoms with Crippen molar-refractivity contribution in [2.45, 2.75) is 452 Å². The Balaban J connectivity index is -0.000000358. The highest BCUT2D eigenvalue weighted by molar-refractivity contribution is 5.83. The van der Waals surface area contributed by atoms with Crippen molar-refractivity contribution >= 4 is 77.6 Å². The van der Waals surface area contributed by atoms with Crippen molar-refractivity contribution in [2.24, 2.45) is 92.7 Å². The summed E-state index contributed by atoms with van der Waals surface area (Å²) in [5, 5.41) is 16.6. The lowest BCUT2D eigenvalue weighted by Crippen LogP contribution is -2.38. The minimum absolute atomic E-state index is 0.00116. The van der Waals surface area contributed by atoms with Gasteiger partial charge in [-0.25, -0.2) is 4.79 Å². The number of carboxylic acid groups (broad SMARTS) is 2. The number of carbonyl (C=O) groups is 13. The molecule has 1 aromatic rings. The number of unbranched alkanes of at least 4 members (excludes halogenated alkanes) is 2. The molecule has 0 radical (unpaired) electrons. The van der Waals surface area contributed by atoms with Crippen molar-refractivity contribution in [3.05, 3.63) is 30.3 Å². The third kappa shape index (κ3) is 66.4. The molecule has 15 atom stereocenters. The van der Waals surface area contributed by atoms with Gasteiger partial charge in [-0.1, -0.05) is 203 Å². The van der Waals surface area contributed by atoms with Crippen LogP contribution >= 0.6 is 0 Å². The summed E-state index contributed by atoms with van der Waals surface area (Å²) in [5.41, 5.74) is -2.26. The molecular formula is C113H206O29. The molecule has 0 aromatic heterocycles. The number of para-hydroxylation sites is 1. The quantitative estimate of drug-likeness (QED) is 0.0202. The molecule has 1 heterocycles. The fourth-order valence-electron chi connectivity index (χ4n) is 12.5. The maximum absolute atomic E-state index is 12.2. The summed E-state index contributed by atoms with van der Waals surface area (Å²) in [4.78, 5) is 144. The van der Waals surface area contributed by atoms with Gasteiger partial charge in [0, 0.05) is 20.6 Å². The van der Waals surface area contributed by atoms with Gasteiger partial charge in [0.2, 0.25) is 6.10 Å². The largest absolute Gasteiger partial charge is 0.481 e. The topological polar surface area (TPSA) is 392 Å². The third-order valence-electron chi connectivity index (χ3n) is 26.9. The number of esters is 11. The molecular weight excluding hydrogens is 1820 g/mol. The van der Waals surface area contributed by atoms with Crippen molar-refractivity contribution in [3.8, 4) is 5.75 Å². The van der Waals surface area contributed by atoms with Gasteiger partial charge in [0.1, 0.15) is 36.3 Å². The Bertz CT molecular complexity index is 3470. The van der Waals surface area contributed by atoms with Crippen LogP contribution in [0.4, 0.5) is 0 Å². The predicted octanol–water partition coefficient (Wildman–Crippen LogP) is 25.6. The minimum atomic E-state index is -0.722. The van der Waals surface area contributed by atoms with Gasteiger partial charge in [-0.15, -0.1) is 0 Å². The van der Waals surface area contributed by atoms with Crippen LogP contribution in [0.2, 0.25) is 0 Å². The SMILES string of the molecule is CCC(C)(C)C(=O)O.CCC(C)(C)C(=O)OC1CC2CC1C1CCCC21.CCC(C)(C)C(=O)OC1CCOC1=O.CCC(C)C(=O)O.CCC(C)C(=O)OC.CCC(C)C(=O)OC(C)(C)C.CCC(C)C(=O)OC1(CC)CCCCC1.CCC(C)C(=O)OCCOC.CCC(C)C(=O)OCCOC.CCC(C)C(=O)Oc1ccccc1.CCCCOC(=O)C(C)CC.CCCCOC(C)OC(=O)C(C)(C)CC. The standard InChI is InChI=1S/C16H26O2.C13H24O2.C12H24O3.C11H14O2.C10H16O4.2C9H18O2.2C8H16O3.2C6H12O2.C5H10O2/c1-4-16(2,3)15(17)18-14-9-10-8-13(14)12-7-5-6-11(10)12;1-4-11(3)12(14)15-13(5-2)9-7-6-8-10-13;1-6-8-9-14-10(3)15-11(13)12(4,5)7-2;1-3-9(2)11(12)13-10-7-5-4-6-8-10;1-4-10(2,3)9(12)14-7-5-6-13-8(7)11;1-6-7(2)8(10)11-9(3,4)5;1-4-6-7-11-9(10)8(3)5-2;2*1-4-7(2)8(9)11-6-5-10-3;1-4-6(2,3)5(7)8;1-4-5(2)6(7)8-3;1-3-4(2)5(6)7/h10-14H,4-9H2,1-3H3;11H,4-10H2,1-3H3;10H,6-9H2,1-5H3;4-9H,3H2,1-2H3;7H,4-6H2,1-3H3;7H,6H2,1-5H3;8H,4-7H2,1-3H3;2*7H,4-6H2,1-3H3;4H2,1-3H3,(H,7,8);5H,4H2,1-3H3;4H,3H2,1-2H3,(H,6,7). The third-order valence-corrected chi connectivity index (χ3v) is 26.9. The highest BCUT2D eigenvalue weighted by Crippen LogP contribution is 2.59. The van der Waals surface area contributed by atoms with Crippen LogP contribution in [0.25, 0.3) is 0 Å². The molecule has 6 rings (SSSR count). The zero-order valence-corrected chi connectivity index (χ0v) is 96.2. The van der Waals surface area contributed by atoms with Crippen molar-refractivity contribution in [1.82, 2.24) is 0 Å². The van der Waals surface area contributed by atoms with Crippen LogP contribution in [-0.4, -0.2) is 185 Å². The van der Waals surface area contributed by atoms with E-state index in [0.29, 0.717) is 77.2 Å². The van der Waals surface area contributed by atoms with E-state index >= 15 is 0 Å². The van der Waals surface area contributed by atoms with Crippen LogP contribution in [0.3, 0.4) is 0 Å². The second-order valence-corrected chi connectivity index (χ2v) is 41.4. The lowest BCUT2D eigenvalue weighted by Gasteiger charge is -2.36. The number of rotatable bonds is 43. The number of methoxy groups -OCH3 is 3. The Morgan fingerprint density at radius 3 is 1.17 bits per heavy atom. The molecule has 1 saturated heterocycles. The maximum Gasteiger partial charge on any atom is 0.347 e. The smallest absolute Gasteiger partial charge is 0.347 e. The fourth-order valence-corrected chi connectivity index (χ4v) is 12.5. The Hall–Kier alpha value is -7.79. The van der Waals surface area contributed by atoms with E-state index in [9.17, 15) is 62.3 Å². The van der Waals surface area contributed by atoms with Gasteiger partial charge >= 0.3 is 77.6 Å². The van der Waals surface area contributed by atoms with E-state index in [1.54, 1.807) is 67.9 Å². The average molecular weight is 2030 g/mol. The molecule has 0 amide bonds. The Kier molecular flexibility index (Phi) is 83.0. The molecule has 4 saturated carbocycles. The molecule has 142 heavy (non-hydrogen) atoms. The molecule has 5 aliphatic rings. The molecule has 2 bridgehead atoms. The number of hydrogen-bond donors (Lipinski definition) is 2. The van der Waals surface area contributed by atoms with Gasteiger partial charge in [0.15, 0.2) is 6.29 Å². The Morgan fingerprint density at radius 1 is 0.415 bits per heavy atom. The lowest BCUT2D eigenvalue weighted by molar-refractivity contribution is -0.185. The van der Waals surface area contributed by atoms with Crippen LogP contribution < -0.4 is 4.74 Å². The van der Waals surface area contributed by atoms with Crippen molar-refractivity contribution in [3.63, 3.8) is 0 Å². The van der Waals surface area contributed by atoms with E-state index in [0.717, 1.165) is 133 Å². The molecule has 5 fully saturated rings. The van der Waals surface area contributed by atoms with Gasteiger partial charge in [0.25, 0.3) is 0 Å². The predicted molar refractivity (Wildman–Crippen MR) is 560 cm³/mol. The first-order valence-electron chi connectivity index (χ1n) is 53.4. The van der Waals surface area contributed by atoms with Gasteiger partial charge in [-0.05, 0) is 267 Å². The minimum Gasteiger partial charge on any atom is -0.481 e. The Labute approximate surface area is 860 Å². The number of aliphatic carboxylic acids is 2. The molecule has 29 heteroatoms. The molecule has 15 unspecified atom stereocenters. The number of ether oxygens (including phenoxy) is 14. The normalized spacial score (nSPS) is 18.5. The number of hydrogen-bond acceptors (Lipinski definition) is 27. The van der Waals surface area contributed by atoms with E-state index in [2.05, 4.69) is 32.4 Å². The second-order valence-electron chi connectivity index (χ2n) is 41.4. The van der Waals surface area contributed by atoms with Crippen LogP contribution in [0, 0.1) is 92.7 Å². The number of benzene rings is 1. The van der Waals surface area contributed by atoms with E-state index in [1.807, 2.05) is 191 Å². The highest BCUT2D eigenvalue weighted by atomic mass is 16.7. The molecule has 1 aromatic carbocycles. The Morgan fingerprint density at radius 2 is 0.810 bits per heavy atom. The molecule has 832 valence electrons. The zero-order valence-electron chi connectivity index (χ0n) is 96.2. The van der Waals surface area contributed by atoms with Gasteiger partial charge < -0.3 is 76.5 Å². The van der Waals surface area contributed by atoms with E-state index in [4.69, 9.17) is 71.8 Å². The second kappa shape index (κ2) is 81.3.